The van der Waals surface area contributed by atoms with Crippen LogP contribution in [0.1, 0.15) is 10.4 Å². The first-order valence-corrected chi connectivity index (χ1v) is 7.75. The Balaban J connectivity index is 1.80. The molecule has 0 heterocycles. The number of esters is 1. The van der Waals surface area contributed by atoms with Crippen molar-refractivity contribution in [2.45, 2.75) is 0 Å². The van der Waals surface area contributed by atoms with Crippen molar-refractivity contribution >= 4 is 43.5 Å². The number of ether oxygens (including phenoxy) is 2. The van der Waals surface area contributed by atoms with Crippen molar-refractivity contribution in [1.82, 2.24) is 0 Å². The topological polar surface area (TPSA) is 61.6 Å². The van der Waals surface area contributed by atoms with E-state index in [1.807, 2.05) is 24.3 Å². The maximum atomic E-state index is 11.8. The molecule has 6 heteroatoms. The molecule has 0 atom stereocenters. The fourth-order valence-electron chi connectivity index (χ4n) is 1.60. The van der Waals surface area contributed by atoms with Gasteiger partial charge in [-0.3, -0.25) is 0 Å². The van der Waals surface area contributed by atoms with Gasteiger partial charge in [0, 0.05) is 14.6 Å². The van der Waals surface area contributed by atoms with E-state index < -0.39 is 5.97 Å². The van der Waals surface area contributed by atoms with E-state index in [4.69, 9.17) is 15.2 Å². The number of halogens is 2. The number of rotatable bonds is 5. The number of carbonyl (C=O) groups excluding carboxylic acids is 1. The van der Waals surface area contributed by atoms with Gasteiger partial charge >= 0.3 is 5.97 Å². The molecular weight excluding hydrogens is 402 g/mol. The molecule has 0 aliphatic rings. The number of carbonyl (C=O) groups is 1. The predicted molar refractivity (Wildman–Crippen MR) is 88.5 cm³/mol. The molecule has 110 valence electrons. The Morgan fingerprint density at radius 1 is 1.10 bits per heavy atom. The van der Waals surface area contributed by atoms with Crippen molar-refractivity contribution in [2.75, 3.05) is 18.9 Å². The Kier molecular flexibility index (Phi) is 5.64. The van der Waals surface area contributed by atoms with E-state index in [0.29, 0.717) is 17.0 Å². The minimum Gasteiger partial charge on any atom is -0.490 e. The minimum absolute atomic E-state index is 0.168. The van der Waals surface area contributed by atoms with Gasteiger partial charge in [0.2, 0.25) is 0 Å². The molecule has 0 aliphatic carbocycles. The molecule has 0 bridgehead atoms. The van der Waals surface area contributed by atoms with Gasteiger partial charge in [-0.25, -0.2) is 4.79 Å². The zero-order valence-electron chi connectivity index (χ0n) is 11.0. The second kappa shape index (κ2) is 7.47. The van der Waals surface area contributed by atoms with E-state index in [9.17, 15) is 4.79 Å². The summed E-state index contributed by atoms with van der Waals surface area (Å²) in [5.74, 6) is 0.292. The molecule has 2 aromatic rings. The molecule has 21 heavy (non-hydrogen) atoms. The third kappa shape index (κ3) is 4.75. The minimum atomic E-state index is -0.424. The monoisotopic (exact) mass is 413 g/mol. The average molecular weight is 415 g/mol. The lowest BCUT2D eigenvalue weighted by Crippen LogP contribution is -2.12. The first kappa shape index (κ1) is 15.9. The van der Waals surface area contributed by atoms with E-state index in [1.54, 1.807) is 18.2 Å². The lowest BCUT2D eigenvalue weighted by atomic mass is 10.2. The highest BCUT2D eigenvalue weighted by Crippen LogP contribution is 2.21. The van der Waals surface area contributed by atoms with Crippen LogP contribution in [0.2, 0.25) is 0 Å². The quantitative estimate of drug-likeness (QED) is 0.455. The van der Waals surface area contributed by atoms with Crippen LogP contribution in [0.15, 0.2) is 51.4 Å². The van der Waals surface area contributed by atoms with Gasteiger partial charge in [0.25, 0.3) is 0 Å². The molecule has 2 N–H and O–H groups in total. The van der Waals surface area contributed by atoms with Crippen LogP contribution in [0.4, 0.5) is 5.69 Å². The fraction of sp³-hybridized carbons (Fsp3) is 0.133. The number of hydrogen-bond donors (Lipinski definition) is 1. The SMILES string of the molecule is Nc1cc(C(=O)OCCOc2cccc(Br)c2)ccc1Br. The van der Waals surface area contributed by atoms with Crippen molar-refractivity contribution in [3.05, 3.63) is 57.0 Å². The molecular formula is C15H13Br2NO3. The molecule has 0 saturated heterocycles. The molecule has 0 aliphatic heterocycles. The smallest absolute Gasteiger partial charge is 0.338 e. The third-order valence-electron chi connectivity index (χ3n) is 2.61. The predicted octanol–water partition coefficient (Wildman–Crippen LogP) is 4.03. The highest BCUT2D eigenvalue weighted by atomic mass is 79.9. The van der Waals surface area contributed by atoms with Crippen LogP contribution in [0.5, 0.6) is 5.75 Å². The van der Waals surface area contributed by atoms with Gasteiger partial charge in [0.1, 0.15) is 19.0 Å². The summed E-state index contributed by atoms with van der Waals surface area (Å²) in [6.07, 6.45) is 0. The van der Waals surface area contributed by atoms with Crippen LogP contribution in [0, 0.1) is 0 Å². The normalized spacial score (nSPS) is 10.2. The van der Waals surface area contributed by atoms with Crippen LogP contribution in [0.3, 0.4) is 0 Å². The highest BCUT2D eigenvalue weighted by molar-refractivity contribution is 9.10. The molecule has 2 aromatic carbocycles. The summed E-state index contributed by atoms with van der Waals surface area (Å²) in [5.41, 5.74) is 6.63. The summed E-state index contributed by atoms with van der Waals surface area (Å²) in [4.78, 5) is 11.8. The molecule has 4 nitrogen and oxygen atoms in total. The van der Waals surface area contributed by atoms with Crippen LogP contribution in [-0.2, 0) is 4.74 Å². The van der Waals surface area contributed by atoms with Gasteiger partial charge in [0.05, 0.1) is 5.56 Å². The van der Waals surface area contributed by atoms with Gasteiger partial charge in [-0.05, 0) is 52.3 Å². The summed E-state index contributed by atoms with van der Waals surface area (Å²) in [7, 11) is 0. The molecule has 0 fully saturated rings. The van der Waals surface area contributed by atoms with Crippen molar-refractivity contribution in [3.8, 4) is 5.75 Å². The number of nitrogens with two attached hydrogens (primary N) is 1. The van der Waals surface area contributed by atoms with Crippen molar-refractivity contribution < 1.29 is 14.3 Å². The second-order valence-corrected chi connectivity index (χ2v) is 5.95. The van der Waals surface area contributed by atoms with Gasteiger partial charge in [-0.1, -0.05) is 22.0 Å². The first-order valence-electron chi connectivity index (χ1n) is 6.17. The van der Waals surface area contributed by atoms with Crippen LogP contribution >= 0.6 is 31.9 Å². The highest BCUT2D eigenvalue weighted by Gasteiger charge is 2.08. The van der Waals surface area contributed by atoms with Crippen LogP contribution in [-0.4, -0.2) is 19.2 Å². The molecule has 0 radical (unpaired) electrons. The molecule has 2 rings (SSSR count). The summed E-state index contributed by atoms with van der Waals surface area (Å²) in [6.45, 7) is 0.454. The van der Waals surface area contributed by atoms with E-state index in [-0.39, 0.29) is 13.2 Å². The van der Waals surface area contributed by atoms with E-state index >= 15 is 0 Å². The summed E-state index contributed by atoms with van der Waals surface area (Å²) in [5, 5.41) is 0. The van der Waals surface area contributed by atoms with Gasteiger partial charge in [-0.2, -0.15) is 0 Å². The van der Waals surface area contributed by atoms with Crippen LogP contribution in [0.25, 0.3) is 0 Å². The van der Waals surface area contributed by atoms with E-state index in [2.05, 4.69) is 31.9 Å². The second-order valence-electron chi connectivity index (χ2n) is 4.18. The Hall–Kier alpha value is -1.53. The molecule has 0 aromatic heterocycles. The number of nitrogen functional groups attached to an aromatic ring is 1. The summed E-state index contributed by atoms with van der Waals surface area (Å²) < 4.78 is 12.3. The summed E-state index contributed by atoms with van der Waals surface area (Å²) in [6, 6.07) is 12.4. The Morgan fingerprint density at radius 3 is 2.62 bits per heavy atom. The van der Waals surface area contributed by atoms with Gasteiger partial charge < -0.3 is 15.2 Å². The maximum Gasteiger partial charge on any atom is 0.338 e. The molecule has 0 spiro atoms. The Bertz CT molecular complexity index is 647. The Labute approximate surface area is 139 Å². The van der Waals surface area contributed by atoms with Crippen molar-refractivity contribution in [1.29, 1.82) is 0 Å². The first-order chi connectivity index (χ1) is 10.1. The standard InChI is InChI=1S/C15H13Br2NO3/c16-11-2-1-3-12(9-11)20-6-7-21-15(19)10-4-5-13(17)14(18)8-10/h1-5,8-9H,6-7,18H2. The molecule has 0 unspecified atom stereocenters. The summed E-state index contributed by atoms with van der Waals surface area (Å²) >= 11 is 6.63. The maximum absolute atomic E-state index is 11.8. The van der Waals surface area contributed by atoms with E-state index in [0.717, 1.165) is 8.95 Å². The number of anilines is 1. The Morgan fingerprint density at radius 2 is 1.90 bits per heavy atom. The average Bonchev–Trinajstić information content (AvgIpc) is 2.46. The van der Waals surface area contributed by atoms with E-state index in [1.165, 1.54) is 0 Å². The lowest BCUT2D eigenvalue weighted by molar-refractivity contribution is 0.0450. The van der Waals surface area contributed by atoms with Crippen LogP contribution < -0.4 is 10.5 Å². The number of benzene rings is 2. The van der Waals surface area contributed by atoms with Crippen molar-refractivity contribution in [3.63, 3.8) is 0 Å². The fourth-order valence-corrected chi connectivity index (χ4v) is 2.23. The zero-order chi connectivity index (χ0) is 15.2. The van der Waals surface area contributed by atoms with Gasteiger partial charge in [-0.15, -0.1) is 0 Å². The third-order valence-corrected chi connectivity index (χ3v) is 3.83. The van der Waals surface area contributed by atoms with Gasteiger partial charge in [0.15, 0.2) is 0 Å². The lowest BCUT2D eigenvalue weighted by Gasteiger charge is -2.08. The largest absolute Gasteiger partial charge is 0.490 e. The molecule has 0 saturated carbocycles. The van der Waals surface area contributed by atoms with Crippen molar-refractivity contribution in [2.24, 2.45) is 0 Å². The zero-order valence-corrected chi connectivity index (χ0v) is 14.2. The number of hydrogen-bond acceptors (Lipinski definition) is 4. The molecule has 0 amide bonds.